The third-order valence-electron chi connectivity index (χ3n) is 1.78. The van der Waals surface area contributed by atoms with E-state index in [1.165, 1.54) is 6.07 Å². The fourth-order valence-corrected chi connectivity index (χ4v) is 0.975. The highest BCUT2D eigenvalue weighted by molar-refractivity contribution is 5.36. The molecule has 0 radical (unpaired) electrons. The Labute approximate surface area is 86.5 Å². The van der Waals surface area contributed by atoms with Crippen LogP contribution in [-0.4, -0.2) is 11.5 Å². The van der Waals surface area contributed by atoms with E-state index in [1.807, 2.05) is 13.8 Å². The molecule has 15 heavy (non-hydrogen) atoms. The lowest BCUT2D eigenvalue weighted by atomic mass is 10.2. The summed E-state index contributed by atoms with van der Waals surface area (Å²) in [7, 11) is 0. The molecule has 0 unspecified atom stereocenters. The van der Waals surface area contributed by atoms with Gasteiger partial charge in [-0.2, -0.15) is 13.2 Å². The van der Waals surface area contributed by atoms with Crippen molar-refractivity contribution in [2.75, 3.05) is 11.9 Å². The van der Waals surface area contributed by atoms with Gasteiger partial charge in [-0.1, -0.05) is 13.8 Å². The van der Waals surface area contributed by atoms with E-state index in [2.05, 4.69) is 10.3 Å². The minimum atomic E-state index is -4.32. The minimum Gasteiger partial charge on any atom is -0.370 e. The van der Waals surface area contributed by atoms with E-state index in [4.69, 9.17) is 0 Å². The van der Waals surface area contributed by atoms with E-state index in [-0.39, 0.29) is 0 Å². The number of alkyl halides is 3. The van der Waals surface area contributed by atoms with Gasteiger partial charge >= 0.3 is 6.18 Å². The number of halogens is 3. The van der Waals surface area contributed by atoms with Crippen LogP contribution in [0.1, 0.15) is 19.4 Å². The normalized spacial score (nSPS) is 11.9. The summed E-state index contributed by atoms with van der Waals surface area (Å²) in [5.74, 6) is 0.894. The maximum Gasteiger partial charge on any atom is 0.417 e. The molecular weight excluding hydrogens is 205 g/mol. The molecule has 0 saturated carbocycles. The molecular formula is C10H13F3N2. The second-order valence-corrected chi connectivity index (χ2v) is 3.70. The summed E-state index contributed by atoms with van der Waals surface area (Å²) >= 11 is 0. The zero-order valence-electron chi connectivity index (χ0n) is 8.60. The van der Waals surface area contributed by atoms with Crippen LogP contribution in [0.3, 0.4) is 0 Å². The molecule has 0 bridgehead atoms. The summed E-state index contributed by atoms with van der Waals surface area (Å²) in [4.78, 5) is 3.69. The number of nitrogens with zero attached hydrogens (tertiary/aromatic N) is 1. The first-order valence-corrected chi connectivity index (χ1v) is 4.66. The molecule has 0 aliphatic carbocycles. The van der Waals surface area contributed by atoms with Gasteiger partial charge in [-0.05, 0) is 18.1 Å². The van der Waals surface area contributed by atoms with E-state index < -0.39 is 11.7 Å². The molecule has 1 heterocycles. The Balaban J connectivity index is 2.65. The van der Waals surface area contributed by atoms with E-state index in [0.29, 0.717) is 18.3 Å². The number of rotatable bonds is 3. The van der Waals surface area contributed by atoms with Gasteiger partial charge in [0.15, 0.2) is 0 Å². The van der Waals surface area contributed by atoms with E-state index >= 15 is 0 Å². The van der Waals surface area contributed by atoms with E-state index in [9.17, 15) is 13.2 Å². The average molecular weight is 218 g/mol. The summed E-state index contributed by atoms with van der Waals surface area (Å²) in [6.45, 7) is 4.71. The van der Waals surface area contributed by atoms with Crippen molar-refractivity contribution < 1.29 is 13.2 Å². The van der Waals surface area contributed by atoms with Crippen LogP contribution in [0.4, 0.5) is 19.0 Å². The first kappa shape index (κ1) is 11.8. The Morgan fingerprint density at radius 2 is 2.00 bits per heavy atom. The van der Waals surface area contributed by atoms with Gasteiger partial charge in [0.2, 0.25) is 0 Å². The Hall–Kier alpha value is -1.26. The molecule has 0 atom stereocenters. The Morgan fingerprint density at radius 3 is 2.40 bits per heavy atom. The molecule has 1 aromatic heterocycles. The van der Waals surface area contributed by atoms with Crippen molar-refractivity contribution in [2.24, 2.45) is 5.92 Å². The van der Waals surface area contributed by atoms with Crippen molar-refractivity contribution in [2.45, 2.75) is 20.0 Å². The van der Waals surface area contributed by atoms with Gasteiger partial charge < -0.3 is 5.32 Å². The Morgan fingerprint density at radius 1 is 1.33 bits per heavy atom. The molecule has 1 N–H and O–H groups in total. The molecule has 0 saturated heterocycles. The highest BCUT2D eigenvalue weighted by atomic mass is 19.4. The molecule has 84 valence electrons. The lowest BCUT2D eigenvalue weighted by molar-refractivity contribution is -0.137. The minimum absolute atomic E-state index is 0.425. The monoisotopic (exact) mass is 218 g/mol. The van der Waals surface area contributed by atoms with Crippen LogP contribution in [0.2, 0.25) is 0 Å². The summed E-state index contributed by atoms with van der Waals surface area (Å²) < 4.78 is 36.5. The van der Waals surface area contributed by atoms with Gasteiger partial charge in [0.25, 0.3) is 0 Å². The van der Waals surface area contributed by atoms with Crippen LogP contribution in [0.15, 0.2) is 18.3 Å². The molecule has 0 aliphatic rings. The van der Waals surface area contributed by atoms with Gasteiger partial charge in [-0.3, -0.25) is 0 Å². The number of aromatic nitrogens is 1. The lowest BCUT2D eigenvalue weighted by Gasteiger charge is -2.09. The van der Waals surface area contributed by atoms with Gasteiger partial charge in [0.05, 0.1) is 5.56 Å². The van der Waals surface area contributed by atoms with Gasteiger partial charge in [0.1, 0.15) is 5.82 Å². The fraction of sp³-hybridized carbons (Fsp3) is 0.500. The summed E-state index contributed by atoms with van der Waals surface area (Å²) in [5, 5.41) is 2.94. The molecule has 2 nitrogen and oxygen atoms in total. The fourth-order valence-electron chi connectivity index (χ4n) is 0.975. The van der Waals surface area contributed by atoms with Crippen LogP contribution in [0, 0.1) is 5.92 Å². The van der Waals surface area contributed by atoms with Gasteiger partial charge in [-0.15, -0.1) is 0 Å². The average Bonchev–Trinajstić information content (AvgIpc) is 2.14. The lowest BCUT2D eigenvalue weighted by Crippen LogP contribution is -2.10. The first-order valence-electron chi connectivity index (χ1n) is 4.66. The zero-order chi connectivity index (χ0) is 11.5. The molecule has 0 fully saturated rings. The predicted octanol–water partition coefficient (Wildman–Crippen LogP) is 3.17. The predicted molar refractivity (Wildman–Crippen MR) is 52.6 cm³/mol. The second-order valence-electron chi connectivity index (χ2n) is 3.70. The maximum absolute atomic E-state index is 12.2. The number of hydrogen-bond acceptors (Lipinski definition) is 2. The molecule has 5 heteroatoms. The van der Waals surface area contributed by atoms with Gasteiger partial charge in [0, 0.05) is 12.7 Å². The quantitative estimate of drug-likeness (QED) is 0.842. The number of pyridine rings is 1. The van der Waals surface area contributed by atoms with Crippen molar-refractivity contribution in [3.8, 4) is 0 Å². The second kappa shape index (κ2) is 4.51. The van der Waals surface area contributed by atoms with Crippen molar-refractivity contribution in [1.29, 1.82) is 0 Å². The molecule has 0 aliphatic heterocycles. The topological polar surface area (TPSA) is 24.9 Å². The third kappa shape index (κ3) is 3.77. The van der Waals surface area contributed by atoms with Crippen LogP contribution in [0.5, 0.6) is 0 Å². The number of anilines is 1. The Bertz CT molecular complexity index is 303. The Kier molecular flexibility index (Phi) is 3.55. The van der Waals surface area contributed by atoms with Crippen LogP contribution in [-0.2, 0) is 6.18 Å². The van der Waals surface area contributed by atoms with Crippen molar-refractivity contribution in [3.05, 3.63) is 23.9 Å². The SMILES string of the molecule is CC(C)CNc1ccc(C(F)(F)F)cn1. The van der Waals surface area contributed by atoms with Crippen molar-refractivity contribution in [1.82, 2.24) is 4.98 Å². The highest BCUT2D eigenvalue weighted by Gasteiger charge is 2.30. The van der Waals surface area contributed by atoms with Crippen LogP contribution in [0.25, 0.3) is 0 Å². The van der Waals surface area contributed by atoms with Crippen LogP contribution >= 0.6 is 0 Å². The van der Waals surface area contributed by atoms with Crippen molar-refractivity contribution in [3.63, 3.8) is 0 Å². The molecule has 1 aromatic rings. The molecule has 1 rings (SSSR count). The first-order chi connectivity index (χ1) is 6.89. The molecule has 0 amide bonds. The number of nitrogens with one attached hydrogen (secondary N) is 1. The molecule has 0 aromatic carbocycles. The van der Waals surface area contributed by atoms with E-state index in [1.54, 1.807) is 0 Å². The summed E-state index contributed by atoms with van der Waals surface area (Å²) in [6.07, 6.45) is -3.48. The van der Waals surface area contributed by atoms with Crippen molar-refractivity contribution >= 4 is 5.82 Å². The summed E-state index contributed by atoms with van der Waals surface area (Å²) in [5.41, 5.74) is -0.724. The highest BCUT2D eigenvalue weighted by Crippen LogP contribution is 2.28. The number of hydrogen-bond donors (Lipinski definition) is 1. The largest absolute Gasteiger partial charge is 0.417 e. The smallest absolute Gasteiger partial charge is 0.370 e. The summed E-state index contributed by atoms with van der Waals surface area (Å²) in [6, 6.07) is 2.36. The van der Waals surface area contributed by atoms with Gasteiger partial charge in [-0.25, -0.2) is 4.98 Å². The van der Waals surface area contributed by atoms with Crippen LogP contribution < -0.4 is 5.32 Å². The molecule has 0 spiro atoms. The van der Waals surface area contributed by atoms with E-state index in [0.717, 1.165) is 12.3 Å². The standard InChI is InChI=1S/C10H13F3N2/c1-7(2)5-14-9-4-3-8(6-15-9)10(11,12)13/h3-4,6-7H,5H2,1-2H3,(H,14,15). The third-order valence-corrected chi connectivity index (χ3v) is 1.78. The maximum atomic E-state index is 12.2. The zero-order valence-corrected chi connectivity index (χ0v) is 8.60.